The molecule has 0 saturated heterocycles. The van der Waals surface area contributed by atoms with Crippen molar-refractivity contribution < 1.29 is 0 Å². The molecular formula is C17H23Br3S2. The van der Waals surface area contributed by atoms with Crippen LogP contribution in [0.15, 0.2) is 30.1 Å². The first kappa shape index (κ1) is 22.6. The van der Waals surface area contributed by atoms with Gasteiger partial charge in [-0.1, -0.05) is 40.3 Å². The van der Waals surface area contributed by atoms with Crippen molar-refractivity contribution in [3.63, 3.8) is 0 Å². The molecule has 0 aromatic carbocycles. The Morgan fingerprint density at radius 3 is 1.45 bits per heavy atom. The summed E-state index contributed by atoms with van der Waals surface area (Å²) in [6, 6.07) is 4.19. The van der Waals surface area contributed by atoms with E-state index in [-0.39, 0.29) is 0 Å². The fourth-order valence-electron chi connectivity index (χ4n) is 1.08. The molecule has 0 saturated carbocycles. The zero-order chi connectivity index (χ0) is 17.5. The molecule has 0 bridgehead atoms. The van der Waals surface area contributed by atoms with E-state index in [2.05, 4.69) is 108 Å². The largest absolute Gasteiger partial charge is 0.129 e. The number of rotatable bonds is 1. The third-order valence-electron chi connectivity index (χ3n) is 1.94. The molecule has 0 spiro atoms. The summed E-state index contributed by atoms with van der Waals surface area (Å²) in [5, 5.41) is 0. The van der Waals surface area contributed by atoms with E-state index in [1.54, 1.807) is 22.7 Å². The fourth-order valence-corrected chi connectivity index (χ4v) is 5.44. The first-order valence-electron chi connectivity index (χ1n) is 6.74. The predicted octanol–water partition coefficient (Wildman–Crippen LogP) is 9.10. The maximum atomic E-state index is 3.69. The van der Waals surface area contributed by atoms with Crippen molar-refractivity contribution in [2.75, 3.05) is 0 Å². The molecule has 2 heterocycles. The van der Waals surface area contributed by atoms with Crippen LogP contribution in [-0.4, -0.2) is 0 Å². The first-order valence-corrected chi connectivity index (χ1v) is 10.7. The molecule has 0 radical (unpaired) electrons. The van der Waals surface area contributed by atoms with Gasteiger partial charge in [-0.2, -0.15) is 0 Å². The SMILES string of the molecule is C=Cc1sc(Br)cc1C.CC(C)(C)C.Cc1cc(Br)sc1Br. The Hall–Kier alpha value is 0.580. The quantitative estimate of drug-likeness (QED) is 0.345. The average molecular weight is 531 g/mol. The van der Waals surface area contributed by atoms with E-state index in [9.17, 15) is 0 Å². The molecule has 0 aliphatic carbocycles. The Balaban J connectivity index is 0.000000315. The maximum Gasteiger partial charge on any atom is 0.0739 e. The van der Waals surface area contributed by atoms with E-state index in [0.717, 1.165) is 0 Å². The Morgan fingerprint density at radius 1 is 0.909 bits per heavy atom. The second-order valence-corrected chi connectivity index (χ2v) is 12.5. The van der Waals surface area contributed by atoms with Gasteiger partial charge in [0, 0.05) is 4.88 Å². The Bertz CT molecular complexity index is 564. The Kier molecular flexibility index (Phi) is 10.7. The van der Waals surface area contributed by atoms with Crippen LogP contribution in [-0.2, 0) is 0 Å². The molecule has 22 heavy (non-hydrogen) atoms. The van der Waals surface area contributed by atoms with E-state index in [4.69, 9.17) is 0 Å². The van der Waals surface area contributed by atoms with Gasteiger partial charge in [0.05, 0.1) is 11.4 Å². The minimum atomic E-state index is 0.500. The molecule has 2 aromatic heterocycles. The minimum absolute atomic E-state index is 0.500. The molecule has 0 atom stereocenters. The Labute approximate surface area is 168 Å². The molecule has 2 rings (SSSR count). The van der Waals surface area contributed by atoms with Crippen molar-refractivity contribution in [2.45, 2.75) is 41.5 Å². The van der Waals surface area contributed by atoms with E-state index in [0.29, 0.717) is 5.41 Å². The lowest BCUT2D eigenvalue weighted by Gasteiger charge is -2.05. The highest BCUT2D eigenvalue weighted by molar-refractivity contribution is 9.12. The van der Waals surface area contributed by atoms with E-state index >= 15 is 0 Å². The molecule has 5 heteroatoms. The summed E-state index contributed by atoms with van der Waals surface area (Å²) < 4.78 is 3.57. The van der Waals surface area contributed by atoms with Crippen LogP contribution >= 0.6 is 70.5 Å². The van der Waals surface area contributed by atoms with Gasteiger partial charge < -0.3 is 0 Å². The highest BCUT2D eigenvalue weighted by Crippen LogP contribution is 2.30. The number of aryl methyl sites for hydroxylation is 2. The van der Waals surface area contributed by atoms with Gasteiger partial charge in [-0.15, -0.1) is 22.7 Å². The number of hydrogen-bond donors (Lipinski definition) is 0. The van der Waals surface area contributed by atoms with E-state index in [1.165, 1.54) is 27.4 Å². The van der Waals surface area contributed by atoms with Gasteiger partial charge in [-0.05, 0) is 90.3 Å². The molecule has 124 valence electrons. The maximum absolute atomic E-state index is 3.69. The Morgan fingerprint density at radius 2 is 1.32 bits per heavy atom. The molecule has 0 unspecified atom stereocenters. The molecule has 0 fully saturated rings. The van der Waals surface area contributed by atoms with Crippen LogP contribution in [0, 0.1) is 19.3 Å². The summed E-state index contributed by atoms with van der Waals surface area (Å²) in [5.74, 6) is 0. The summed E-state index contributed by atoms with van der Waals surface area (Å²) in [6.45, 7) is 16.6. The number of hydrogen-bond acceptors (Lipinski definition) is 2. The third kappa shape index (κ3) is 11.2. The van der Waals surface area contributed by atoms with Gasteiger partial charge in [0.15, 0.2) is 0 Å². The van der Waals surface area contributed by atoms with Crippen molar-refractivity contribution >= 4 is 76.5 Å². The van der Waals surface area contributed by atoms with Gasteiger partial charge in [0.2, 0.25) is 0 Å². The normalized spacial score (nSPS) is 10.2. The van der Waals surface area contributed by atoms with Crippen molar-refractivity contribution in [1.29, 1.82) is 0 Å². The lowest BCUT2D eigenvalue weighted by atomic mass is 10.0. The van der Waals surface area contributed by atoms with Crippen molar-refractivity contribution in [3.8, 4) is 0 Å². The number of thiophene rings is 2. The van der Waals surface area contributed by atoms with E-state index in [1.807, 2.05) is 6.08 Å². The molecule has 0 amide bonds. The predicted molar refractivity (Wildman–Crippen MR) is 116 cm³/mol. The highest BCUT2D eigenvalue weighted by Gasteiger charge is 1.98. The summed E-state index contributed by atoms with van der Waals surface area (Å²) in [5.41, 5.74) is 3.09. The summed E-state index contributed by atoms with van der Waals surface area (Å²) in [7, 11) is 0. The lowest BCUT2D eigenvalue weighted by molar-refractivity contribution is 0.469. The first-order chi connectivity index (χ1) is 9.93. The summed E-state index contributed by atoms with van der Waals surface area (Å²) in [4.78, 5) is 1.25. The smallest absolute Gasteiger partial charge is 0.0739 e. The summed E-state index contributed by atoms with van der Waals surface area (Å²) in [6.07, 6.45) is 1.88. The van der Waals surface area contributed by atoms with Crippen LogP contribution in [0.4, 0.5) is 0 Å². The van der Waals surface area contributed by atoms with Crippen LogP contribution < -0.4 is 0 Å². The average Bonchev–Trinajstić information content (AvgIpc) is 2.79. The second-order valence-electron chi connectivity index (χ2n) is 6.31. The molecule has 0 N–H and O–H groups in total. The molecular weight excluding hydrogens is 508 g/mol. The number of halogens is 3. The summed E-state index contributed by atoms with van der Waals surface area (Å²) >= 11 is 13.6. The second kappa shape index (κ2) is 10.4. The van der Waals surface area contributed by atoms with Crippen LogP contribution in [0.3, 0.4) is 0 Å². The van der Waals surface area contributed by atoms with Crippen LogP contribution in [0.5, 0.6) is 0 Å². The highest BCUT2D eigenvalue weighted by atomic mass is 79.9. The van der Waals surface area contributed by atoms with Crippen LogP contribution in [0.25, 0.3) is 6.08 Å². The van der Waals surface area contributed by atoms with Crippen molar-refractivity contribution in [3.05, 3.63) is 46.1 Å². The van der Waals surface area contributed by atoms with Gasteiger partial charge in [-0.3, -0.25) is 0 Å². The minimum Gasteiger partial charge on any atom is -0.129 e. The van der Waals surface area contributed by atoms with Gasteiger partial charge in [0.1, 0.15) is 0 Å². The van der Waals surface area contributed by atoms with Gasteiger partial charge in [-0.25, -0.2) is 0 Å². The molecule has 0 nitrogen and oxygen atoms in total. The van der Waals surface area contributed by atoms with E-state index < -0.39 is 0 Å². The fraction of sp³-hybridized carbons (Fsp3) is 0.412. The molecule has 0 aliphatic rings. The zero-order valence-corrected chi connectivity index (χ0v) is 20.3. The third-order valence-corrected chi connectivity index (χ3v) is 6.31. The zero-order valence-electron chi connectivity index (χ0n) is 13.9. The topological polar surface area (TPSA) is 0 Å². The standard InChI is InChI=1S/C7H7BrS.C5H4Br2S.C5H12/c1-3-6-5(2)4-7(8)9-6;1-3-2-4(6)8-5(3)7;1-5(2,3)4/h3-4H,1H2,2H3;2H,1H3;1-4H3. The van der Waals surface area contributed by atoms with Gasteiger partial charge >= 0.3 is 0 Å². The van der Waals surface area contributed by atoms with Gasteiger partial charge in [0.25, 0.3) is 0 Å². The molecule has 2 aromatic rings. The van der Waals surface area contributed by atoms with Crippen molar-refractivity contribution in [1.82, 2.24) is 0 Å². The van der Waals surface area contributed by atoms with Crippen LogP contribution in [0.2, 0.25) is 0 Å². The lowest BCUT2D eigenvalue weighted by Crippen LogP contribution is -1.93. The molecule has 0 aliphatic heterocycles. The van der Waals surface area contributed by atoms with Crippen LogP contribution in [0.1, 0.15) is 43.7 Å². The monoisotopic (exact) mass is 528 g/mol. The van der Waals surface area contributed by atoms with Crippen molar-refractivity contribution in [2.24, 2.45) is 5.41 Å².